The number of carbonyl (C=O) groups is 1. The summed E-state index contributed by atoms with van der Waals surface area (Å²) in [7, 11) is 1.62. The van der Waals surface area contributed by atoms with Gasteiger partial charge in [0.05, 0.1) is 18.4 Å². The van der Waals surface area contributed by atoms with E-state index in [1.165, 1.54) is 5.56 Å². The maximum absolute atomic E-state index is 11.3. The minimum Gasteiger partial charge on any atom is -0.497 e. The van der Waals surface area contributed by atoms with E-state index in [4.69, 9.17) is 4.74 Å². The Hall–Kier alpha value is -2.88. The van der Waals surface area contributed by atoms with Crippen molar-refractivity contribution in [3.05, 3.63) is 65.9 Å². The molecule has 2 aromatic carbocycles. The maximum atomic E-state index is 11.3. The number of aromatic nitrogens is 2. The quantitative estimate of drug-likeness (QED) is 0.689. The fourth-order valence-corrected chi connectivity index (χ4v) is 2.28. The third kappa shape index (κ3) is 2.63. The molecule has 4 nitrogen and oxygen atoms in total. The van der Waals surface area contributed by atoms with Gasteiger partial charge in [-0.2, -0.15) is 5.10 Å². The van der Waals surface area contributed by atoms with E-state index in [0.717, 1.165) is 23.3 Å². The summed E-state index contributed by atoms with van der Waals surface area (Å²) < 4.78 is 6.88. The molecule has 3 aromatic rings. The van der Waals surface area contributed by atoms with Gasteiger partial charge in [-0.15, -0.1) is 0 Å². The molecule has 1 heterocycles. The molecule has 0 aliphatic heterocycles. The van der Waals surface area contributed by atoms with E-state index in [0.29, 0.717) is 11.3 Å². The number of hydrogen-bond acceptors (Lipinski definition) is 3. The lowest BCUT2D eigenvalue weighted by atomic mass is 10.1. The van der Waals surface area contributed by atoms with Gasteiger partial charge in [0.1, 0.15) is 11.4 Å². The van der Waals surface area contributed by atoms with Crippen LogP contribution in [0, 0.1) is 6.92 Å². The van der Waals surface area contributed by atoms with Crippen LogP contribution in [0.4, 0.5) is 0 Å². The number of benzene rings is 2. The summed E-state index contributed by atoms with van der Waals surface area (Å²) in [5.41, 5.74) is 4.22. The lowest BCUT2D eigenvalue weighted by Crippen LogP contribution is -1.94. The molecular weight excluding hydrogens is 276 g/mol. The van der Waals surface area contributed by atoms with Gasteiger partial charge in [0.2, 0.25) is 0 Å². The van der Waals surface area contributed by atoms with Crippen LogP contribution in [0.15, 0.2) is 54.7 Å². The summed E-state index contributed by atoms with van der Waals surface area (Å²) in [6.07, 6.45) is 2.58. The molecule has 4 heteroatoms. The Kier molecular flexibility index (Phi) is 3.74. The molecule has 0 N–H and O–H groups in total. The fourth-order valence-electron chi connectivity index (χ4n) is 2.28. The van der Waals surface area contributed by atoms with Crippen LogP contribution in [0.2, 0.25) is 0 Å². The molecule has 110 valence electrons. The van der Waals surface area contributed by atoms with Crippen molar-refractivity contribution < 1.29 is 9.53 Å². The molecule has 0 bridgehead atoms. The van der Waals surface area contributed by atoms with Crippen LogP contribution >= 0.6 is 0 Å². The van der Waals surface area contributed by atoms with Crippen molar-refractivity contribution >= 4 is 6.29 Å². The number of carbonyl (C=O) groups excluding carboxylic acids is 1. The molecular formula is C18H16N2O2. The molecule has 1 aromatic heterocycles. The van der Waals surface area contributed by atoms with Crippen LogP contribution in [0.25, 0.3) is 16.9 Å². The molecule has 0 saturated heterocycles. The lowest BCUT2D eigenvalue weighted by molar-refractivity contribution is 0.112. The van der Waals surface area contributed by atoms with Crippen molar-refractivity contribution in [2.45, 2.75) is 6.92 Å². The van der Waals surface area contributed by atoms with Gasteiger partial charge in [-0.25, -0.2) is 4.68 Å². The zero-order valence-corrected chi connectivity index (χ0v) is 12.5. The molecule has 22 heavy (non-hydrogen) atoms. The van der Waals surface area contributed by atoms with Crippen LogP contribution in [0.1, 0.15) is 15.9 Å². The first-order valence-electron chi connectivity index (χ1n) is 6.97. The number of aldehydes is 1. The Balaban J connectivity index is 2.04. The third-order valence-corrected chi connectivity index (χ3v) is 3.53. The Morgan fingerprint density at radius 2 is 1.73 bits per heavy atom. The molecule has 0 atom stereocenters. The van der Waals surface area contributed by atoms with E-state index < -0.39 is 0 Å². The minimum atomic E-state index is 0.561. The van der Waals surface area contributed by atoms with Gasteiger partial charge in [0.15, 0.2) is 6.29 Å². The average molecular weight is 292 g/mol. The second-order valence-corrected chi connectivity index (χ2v) is 5.06. The van der Waals surface area contributed by atoms with E-state index in [-0.39, 0.29) is 0 Å². The zero-order valence-electron chi connectivity index (χ0n) is 12.5. The first-order valence-corrected chi connectivity index (χ1v) is 6.97. The van der Waals surface area contributed by atoms with Gasteiger partial charge in [-0.3, -0.25) is 4.79 Å². The number of hydrogen-bond donors (Lipinski definition) is 0. The van der Waals surface area contributed by atoms with E-state index in [1.807, 2.05) is 55.5 Å². The summed E-state index contributed by atoms with van der Waals surface area (Å²) in [6, 6.07) is 15.5. The zero-order chi connectivity index (χ0) is 15.5. The van der Waals surface area contributed by atoms with Crippen LogP contribution in [-0.2, 0) is 0 Å². The first kappa shape index (κ1) is 14.1. The van der Waals surface area contributed by atoms with E-state index in [1.54, 1.807) is 18.0 Å². The second kappa shape index (κ2) is 5.85. The Labute approximate surface area is 129 Å². The van der Waals surface area contributed by atoms with Crippen molar-refractivity contribution in [3.63, 3.8) is 0 Å². The highest BCUT2D eigenvalue weighted by molar-refractivity contribution is 5.85. The van der Waals surface area contributed by atoms with Crippen molar-refractivity contribution in [1.82, 2.24) is 9.78 Å². The molecule has 0 fully saturated rings. The molecule has 0 unspecified atom stereocenters. The number of methoxy groups -OCH3 is 1. The summed E-state index contributed by atoms with van der Waals surface area (Å²) in [6.45, 7) is 2.03. The SMILES string of the molecule is COc1ccc(-c2nn(-c3ccc(C)cc3)cc2C=O)cc1. The smallest absolute Gasteiger partial charge is 0.153 e. The van der Waals surface area contributed by atoms with Crippen LogP contribution < -0.4 is 4.74 Å². The minimum absolute atomic E-state index is 0.561. The Bertz CT molecular complexity index is 787. The highest BCUT2D eigenvalue weighted by Gasteiger charge is 2.11. The normalized spacial score (nSPS) is 10.5. The third-order valence-electron chi connectivity index (χ3n) is 3.53. The number of ether oxygens (including phenoxy) is 1. The standard InChI is InChI=1S/C18H16N2O2/c1-13-3-7-16(8-4-13)20-11-15(12-21)18(19-20)14-5-9-17(22-2)10-6-14/h3-12H,1-2H3. The Morgan fingerprint density at radius 3 is 2.32 bits per heavy atom. The number of rotatable bonds is 4. The van der Waals surface area contributed by atoms with E-state index >= 15 is 0 Å². The van der Waals surface area contributed by atoms with Crippen molar-refractivity contribution in [2.75, 3.05) is 7.11 Å². The molecule has 0 aliphatic carbocycles. The highest BCUT2D eigenvalue weighted by Crippen LogP contribution is 2.24. The molecule has 0 aliphatic rings. The van der Waals surface area contributed by atoms with Crippen molar-refractivity contribution in [1.29, 1.82) is 0 Å². The van der Waals surface area contributed by atoms with Gasteiger partial charge < -0.3 is 4.74 Å². The van der Waals surface area contributed by atoms with Crippen molar-refractivity contribution in [3.8, 4) is 22.7 Å². The largest absolute Gasteiger partial charge is 0.497 e. The van der Waals surface area contributed by atoms with Gasteiger partial charge >= 0.3 is 0 Å². The summed E-state index contributed by atoms with van der Waals surface area (Å²) in [4.78, 5) is 11.3. The van der Waals surface area contributed by atoms with Crippen LogP contribution in [-0.4, -0.2) is 23.2 Å². The summed E-state index contributed by atoms with van der Waals surface area (Å²) in [5.74, 6) is 0.773. The van der Waals surface area contributed by atoms with Crippen molar-refractivity contribution in [2.24, 2.45) is 0 Å². The predicted molar refractivity (Wildman–Crippen MR) is 85.7 cm³/mol. The molecule has 0 radical (unpaired) electrons. The molecule has 0 amide bonds. The predicted octanol–water partition coefficient (Wildman–Crippen LogP) is 3.67. The highest BCUT2D eigenvalue weighted by atomic mass is 16.5. The summed E-state index contributed by atoms with van der Waals surface area (Å²) in [5, 5.41) is 4.55. The topological polar surface area (TPSA) is 44.1 Å². The fraction of sp³-hybridized carbons (Fsp3) is 0.111. The van der Waals surface area contributed by atoms with Gasteiger partial charge in [0, 0.05) is 11.8 Å². The second-order valence-electron chi connectivity index (χ2n) is 5.06. The van der Waals surface area contributed by atoms with Crippen LogP contribution in [0.3, 0.4) is 0 Å². The van der Waals surface area contributed by atoms with E-state index in [2.05, 4.69) is 5.10 Å². The molecule has 0 saturated carbocycles. The number of nitrogens with zero attached hydrogens (tertiary/aromatic N) is 2. The van der Waals surface area contributed by atoms with Gasteiger partial charge in [-0.1, -0.05) is 17.7 Å². The monoisotopic (exact) mass is 292 g/mol. The van der Waals surface area contributed by atoms with E-state index in [9.17, 15) is 4.79 Å². The Morgan fingerprint density at radius 1 is 1.05 bits per heavy atom. The maximum Gasteiger partial charge on any atom is 0.153 e. The molecule has 3 rings (SSSR count). The van der Waals surface area contributed by atoms with Gasteiger partial charge in [-0.05, 0) is 43.3 Å². The summed E-state index contributed by atoms with van der Waals surface area (Å²) >= 11 is 0. The number of aryl methyl sites for hydroxylation is 1. The van der Waals surface area contributed by atoms with Crippen LogP contribution in [0.5, 0.6) is 5.75 Å². The molecule has 0 spiro atoms. The first-order chi connectivity index (χ1) is 10.7. The van der Waals surface area contributed by atoms with Gasteiger partial charge in [0.25, 0.3) is 0 Å². The average Bonchev–Trinajstić information content (AvgIpc) is 3.00. The lowest BCUT2D eigenvalue weighted by Gasteiger charge is -2.02.